The molecule has 0 aromatic carbocycles. The van der Waals surface area contributed by atoms with Crippen LogP contribution in [-0.4, -0.2) is 11.7 Å². The molecule has 1 N–H and O–H groups in total. The normalized spacial score (nSPS) is 29.1. The van der Waals surface area contributed by atoms with Gasteiger partial charge in [0.05, 0.1) is 0 Å². The Balaban J connectivity index is 2.69. The third kappa shape index (κ3) is 3.64. The second-order valence-electron chi connectivity index (χ2n) is 5.64. The molecule has 0 fully saturated rings. The van der Waals surface area contributed by atoms with Crippen molar-refractivity contribution in [3.8, 4) is 0 Å². The summed E-state index contributed by atoms with van der Waals surface area (Å²) in [5.74, 6) is 2.66. The molecule has 1 rings (SSSR count). The molecule has 0 aromatic heterocycles. The van der Waals surface area contributed by atoms with Gasteiger partial charge in [-0.25, -0.2) is 0 Å². The van der Waals surface area contributed by atoms with Gasteiger partial charge in [-0.05, 0) is 42.9 Å². The second-order valence-corrected chi connectivity index (χ2v) is 5.64. The highest BCUT2D eigenvalue weighted by Crippen LogP contribution is 2.36. The van der Waals surface area contributed by atoms with Crippen molar-refractivity contribution in [1.29, 1.82) is 0 Å². The highest BCUT2D eigenvalue weighted by Gasteiger charge is 2.24. The standard InChI is InChI=1S/C14H26O/c1-10(2)14-6-5-11(3)7-13(14)8-12(4)9-15/h7,10-12,14-15H,5-6,8-9H2,1-4H3. The quantitative estimate of drug-likeness (QED) is 0.702. The van der Waals surface area contributed by atoms with E-state index in [1.807, 2.05) is 0 Å². The van der Waals surface area contributed by atoms with Crippen molar-refractivity contribution >= 4 is 0 Å². The van der Waals surface area contributed by atoms with Gasteiger partial charge in [0.2, 0.25) is 0 Å². The maximum atomic E-state index is 9.13. The molecule has 0 spiro atoms. The highest BCUT2D eigenvalue weighted by molar-refractivity contribution is 5.13. The van der Waals surface area contributed by atoms with Gasteiger partial charge in [-0.3, -0.25) is 0 Å². The van der Waals surface area contributed by atoms with Crippen molar-refractivity contribution in [2.45, 2.75) is 47.0 Å². The molecule has 1 aliphatic carbocycles. The lowest BCUT2D eigenvalue weighted by Crippen LogP contribution is -2.20. The van der Waals surface area contributed by atoms with Crippen molar-refractivity contribution in [2.24, 2.45) is 23.7 Å². The molecule has 0 heterocycles. The predicted molar refractivity (Wildman–Crippen MR) is 65.7 cm³/mol. The van der Waals surface area contributed by atoms with Gasteiger partial charge in [0, 0.05) is 6.61 Å². The third-order valence-electron chi connectivity index (χ3n) is 3.61. The summed E-state index contributed by atoms with van der Waals surface area (Å²) in [6.07, 6.45) is 6.21. The number of aliphatic hydroxyl groups excluding tert-OH is 1. The molecule has 15 heavy (non-hydrogen) atoms. The zero-order chi connectivity index (χ0) is 11.4. The maximum Gasteiger partial charge on any atom is 0.0459 e. The second kappa shape index (κ2) is 5.69. The van der Waals surface area contributed by atoms with Gasteiger partial charge in [0.1, 0.15) is 0 Å². The van der Waals surface area contributed by atoms with Crippen LogP contribution in [0.25, 0.3) is 0 Å². The fraction of sp³-hybridized carbons (Fsp3) is 0.857. The summed E-state index contributed by atoms with van der Waals surface area (Å²) in [4.78, 5) is 0. The topological polar surface area (TPSA) is 20.2 Å². The molecule has 88 valence electrons. The Morgan fingerprint density at radius 1 is 1.33 bits per heavy atom. The van der Waals surface area contributed by atoms with Gasteiger partial charge in [-0.2, -0.15) is 0 Å². The first-order valence-corrected chi connectivity index (χ1v) is 6.36. The lowest BCUT2D eigenvalue weighted by atomic mass is 9.74. The van der Waals surface area contributed by atoms with Crippen LogP contribution >= 0.6 is 0 Å². The first-order chi connectivity index (χ1) is 7.04. The Kier molecular flexibility index (Phi) is 4.85. The van der Waals surface area contributed by atoms with Crippen LogP contribution < -0.4 is 0 Å². The largest absolute Gasteiger partial charge is 0.396 e. The molecule has 0 radical (unpaired) electrons. The molecular formula is C14H26O. The average molecular weight is 210 g/mol. The van der Waals surface area contributed by atoms with E-state index in [1.165, 1.54) is 12.8 Å². The molecule has 0 saturated carbocycles. The Labute approximate surface area is 94.6 Å². The van der Waals surface area contributed by atoms with Crippen LogP contribution in [0.3, 0.4) is 0 Å². The minimum absolute atomic E-state index is 0.316. The zero-order valence-electron chi connectivity index (χ0n) is 10.7. The van der Waals surface area contributed by atoms with E-state index in [1.54, 1.807) is 5.57 Å². The van der Waals surface area contributed by atoms with Crippen LogP contribution in [0.5, 0.6) is 0 Å². The number of rotatable bonds is 4. The molecule has 3 unspecified atom stereocenters. The molecule has 0 saturated heterocycles. The van der Waals surface area contributed by atoms with E-state index in [4.69, 9.17) is 5.11 Å². The Morgan fingerprint density at radius 2 is 2.00 bits per heavy atom. The minimum Gasteiger partial charge on any atom is -0.396 e. The first-order valence-electron chi connectivity index (χ1n) is 6.36. The zero-order valence-corrected chi connectivity index (χ0v) is 10.7. The van der Waals surface area contributed by atoms with Gasteiger partial charge < -0.3 is 5.11 Å². The van der Waals surface area contributed by atoms with Crippen LogP contribution in [0, 0.1) is 23.7 Å². The van der Waals surface area contributed by atoms with Gasteiger partial charge in [0.25, 0.3) is 0 Å². The van der Waals surface area contributed by atoms with Crippen molar-refractivity contribution in [2.75, 3.05) is 6.61 Å². The summed E-state index contributed by atoms with van der Waals surface area (Å²) in [6.45, 7) is 9.39. The van der Waals surface area contributed by atoms with Gasteiger partial charge in [-0.1, -0.05) is 39.3 Å². The molecule has 1 aliphatic rings. The molecule has 0 aliphatic heterocycles. The monoisotopic (exact) mass is 210 g/mol. The molecule has 0 aromatic rings. The SMILES string of the molecule is CC1C=C(CC(C)CO)C(C(C)C)CC1. The number of allylic oxidation sites excluding steroid dienone is 2. The van der Waals surface area contributed by atoms with Crippen molar-refractivity contribution in [1.82, 2.24) is 0 Å². The molecule has 1 nitrogen and oxygen atoms in total. The Bertz CT molecular complexity index is 217. The molecule has 1 heteroatoms. The first kappa shape index (κ1) is 12.8. The van der Waals surface area contributed by atoms with E-state index in [0.29, 0.717) is 12.5 Å². The van der Waals surface area contributed by atoms with Crippen molar-refractivity contribution in [3.63, 3.8) is 0 Å². The van der Waals surface area contributed by atoms with Gasteiger partial charge >= 0.3 is 0 Å². The highest BCUT2D eigenvalue weighted by atomic mass is 16.3. The van der Waals surface area contributed by atoms with E-state index >= 15 is 0 Å². The van der Waals surface area contributed by atoms with Crippen LogP contribution in [0.1, 0.15) is 47.0 Å². The summed E-state index contributed by atoms with van der Waals surface area (Å²) >= 11 is 0. The van der Waals surface area contributed by atoms with E-state index in [-0.39, 0.29) is 0 Å². The third-order valence-corrected chi connectivity index (χ3v) is 3.61. The van der Waals surface area contributed by atoms with E-state index < -0.39 is 0 Å². The van der Waals surface area contributed by atoms with Crippen LogP contribution in [0.4, 0.5) is 0 Å². The van der Waals surface area contributed by atoms with E-state index in [0.717, 1.165) is 24.2 Å². The number of hydrogen-bond donors (Lipinski definition) is 1. The molecule has 0 amide bonds. The van der Waals surface area contributed by atoms with E-state index in [2.05, 4.69) is 33.8 Å². The lowest BCUT2D eigenvalue weighted by Gasteiger charge is -2.31. The van der Waals surface area contributed by atoms with Crippen molar-refractivity contribution in [3.05, 3.63) is 11.6 Å². The Morgan fingerprint density at radius 3 is 2.53 bits per heavy atom. The van der Waals surface area contributed by atoms with Crippen molar-refractivity contribution < 1.29 is 5.11 Å². The molecular weight excluding hydrogens is 184 g/mol. The summed E-state index contributed by atoms with van der Waals surface area (Å²) in [5, 5.41) is 9.13. The summed E-state index contributed by atoms with van der Waals surface area (Å²) in [6, 6.07) is 0. The minimum atomic E-state index is 0.316. The maximum absolute atomic E-state index is 9.13. The lowest BCUT2D eigenvalue weighted by molar-refractivity contribution is 0.228. The van der Waals surface area contributed by atoms with Crippen LogP contribution in [0.15, 0.2) is 11.6 Å². The van der Waals surface area contributed by atoms with E-state index in [9.17, 15) is 0 Å². The average Bonchev–Trinajstić information content (AvgIpc) is 2.17. The molecule has 0 bridgehead atoms. The Hall–Kier alpha value is -0.300. The summed E-state index contributed by atoms with van der Waals surface area (Å²) in [5.41, 5.74) is 1.60. The van der Waals surface area contributed by atoms with Gasteiger partial charge in [0.15, 0.2) is 0 Å². The van der Waals surface area contributed by atoms with Crippen LogP contribution in [-0.2, 0) is 0 Å². The summed E-state index contributed by atoms with van der Waals surface area (Å²) in [7, 11) is 0. The smallest absolute Gasteiger partial charge is 0.0459 e. The van der Waals surface area contributed by atoms with Crippen LogP contribution in [0.2, 0.25) is 0 Å². The predicted octanol–water partition coefficient (Wildman–Crippen LogP) is 3.63. The fourth-order valence-electron chi connectivity index (χ4n) is 2.65. The summed E-state index contributed by atoms with van der Waals surface area (Å²) < 4.78 is 0. The molecule has 3 atom stereocenters. The number of aliphatic hydroxyl groups is 1. The van der Waals surface area contributed by atoms with Gasteiger partial charge in [-0.15, -0.1) is 0 Å². The fourth-order valence-corrected chi connectivity index (χ4v) is 2.65. The number of hydrogen-bond acceptors (Lipinski definition) is 1.